The number of sulfonamides is 1. The maximum absolute atomic E-state index is 12.5. The smallest absolute Gasteiger partial charge is 0.262 e. The summed E-state index contributed by atoms with van der Waals surface area (Å²) in [5, 5.41) is 2.77. The molecule has 156 valence electrons. The quantitative estimate of drug-likeness (QED) is 0.571. The molecule has 0 spiro atoms. The summed E-state index contributed by atoms with van der Waals surface area (Å²) in [7, 11) is -2.22. The highest BCUT2D eigenvalue weighted by Crippen LogP contribution is 2.21. The van der Waals surface area contributed by atoms with Gasteiger partial charge in [-0.3, -0.25) is 9.52 Å². The lowest BCUT2D eigenvalue weighted by atomic mass is 10.2. The predicted octanol–water partition coefficient (Wildman–Crippen LogP) is 3.82. The van der Waals surface area contributed by atoms with Gasteiger partial charge in [0.15, 0.2) is 6.61 Å². The molecule has 0 fully saturated rings. The van der Waals surface area contributed by atoms with Crippen LogP contribution in [0.2, 0.25) is 0 Å². The van der Waals surface area contributed by atoms with Gasteiger partial charge in [-0.15, -0.1) is 0 Å². The molecule has 1 amide bonds. The van der Waals surface area contributed by atoms with E-state index in [2.05, 4.69) is 10.0 Å². The number of methoxy groups -OCH3 is 1. The normalized spacial score (nSPS) is 10.9. The topological polar surface area (TPSA) is 93.7 Å². The Balaban J connectivity index is 1.58. The van der Waals surface area contributed by atoms with Crippen LogP contribution in [0.5, 0.6) is 11.5 Å². The number of carbonyl (C=O) groups excluding carboxylic acids is 1. The lowest BCUT2D eigenvalue weighted by Crippen LogP contribution is -2.20. The molecule has 3 aromatic rings. The summed E-state index contributed by atoms with van der Waals surface area (Å²) in [6, 6.07) is 19.8. The fraction of sp³-hybridized carbons (Fsp3) is 0.136. The van der Waals surface area contributed by atoms with Crippen LogP contribution in [-0.2, 0) is 14.8 Å². The van der Waals surface area contributed by atoms with Gasteiger partial charge in [0, 0.05) is 11.4 Å². The Kier molecular flexibility index (Phi) is 6.58. The molecule has 0 radical (unpaired) electrons. The van der Waals surface area contributed by atoms with Crippen molar-refractivity contribution in [2.24, 2.45) is 0 Å². The molecule has 0 saturated heterocycles. The second kappa shape index (κ2) is 9.32. The Hall–Kier alpha value is -3.52. The van der Waals surface area contributed by atoms with Crippen molar-refractivity contribution < 1.29 is 22.7 Å². The number of rotatable bonds is 8. The average Bonchev–Trinajstić information content (AvgIpc) is 2.74. The number of hydrogen-bond donors (Lipinski definition) is 2. The number of hydrogen-bond acceptors (Lipinski definition) is 5. The summed E-state index contributed by atoms with van der Waals surface area (Å²) < 4.78 is 38.0. The summed E-state index contributed by atoms with van der Waals surface area (Å²) in [5.41, 5.74) is 2.09. The molecule has 0 saturated carbocycles. The third kappa shape index (κ3) is 5.51. The second-order valence-corrected chi connectivity index (χ2v) is 8.14. The van der Waals surface area contributed by atoms with E-state index in [1.165, 1.54) is 31.4 Å². The minimum atomic E-state index is -3.75. The van der Waals surface area contributed by atoms with Crippen molar-refractivity contribution >= 4 is 27.3 Å². The molecule has 0 heterocycles. The molecule has 3 rings (SSSR count). The lowest BCUT2D eigenvalue weighted by molar-refractivity contribution is -0.118. The van der Waals surface area contributed by atoms with Crippen LogP contribution in [0.1, 0.15) is 5.56 Å². The van der Waals surface area contributed by atoms with Gasteiger partial charge in [-0.05, 0) is 67.1 Å². The maximum Gasteiger partial charge on any atom is 0.262 e. The third-order valence-corrected chi connectivity index (χ3v) is 5.66. The van der Waals surface area contributed by atoms with Gasteiger partial charge in [0.25, 0.3) is 15.9 Å². The van der Waals surface area contributed by atoms with E-state index in [1.54, 1.807) is 24.3 Å². The zero-order chi connectivity index (χ0) is 21.6. The van der Waals surface area contributed by atoms with Gasteiger partial charge in [0.05, 0.1) is 12.0 Å². The van der Waals surface area contributed by atoms with Gasteiger partial charge in [-0.2, -0.15) is 0 Å². The first-order valence-corrected chi connectivity index (χ1v) is 10.6. The van der Waals surface area contributed by atoms with Crippen LogP contribution in [0.4, 0.5) is 11.4 Å². The van der Waals surface area contributed by atoms with Crippen LogP contribution >= 0.6 is 0 Å². The van der Waals surface area contributed by atoms with Crippen molar-refractivity contribution in [3.63, 3.8) is 0 Å². The highest BCUT2D eigenvalue weighted by molar-refractivity contribution is 7.92. The zero-order valence-corrected chi connectivity index (χ0v) is 17.4. The number of benzene rings is 3. The highest BCUT2D eigenvalue weighted by atomic mass is 32.2. The lowest BCUT2D eigenvalue weighted by Gasteiger charge is -2.11. The Morgan fingerprint density at radius 1 is 0.900 bits per heavy atom. The maximum atomic E-state index is 12.5. The van der Waals surface area contributed by atoms with Crippen molar-refractivity contribution in [2.45, 2.75) is 11.8 Å². The number of amides is 1. The van der Waals surface area contributed by atoms with Crippen LogP contribution in [0.3, 0.4) is 0 Å². The summed E-state index contributed by atoms with van der Waals surface area (Å²) in [6.07, 6.45) is 0. The highest BCUT2D eigenvalue weighted by Gasteiger charge is 2.14. The SMILES string of the molecule is COc1ccc(NS(=O)(=O)c2ccc(OCC(=O)Nc3ccccc3C)cc2)cc1. The zero-order valence-electron chi connectivity index (χ0n) is 16.6. The third-order valence-electron chi connectivity index (χ3n) is 4.27. The molecule has 0 unspecified atom stereocenters. The largest absolute Gasteiger partial charge is 0.497 e. The van der Waals surface area contributed by atoms with E-state index < -0.39 is 10.0 Å². The number of aryl methyl sites for hydroxylation is 1. The molecule has 0 aliphatic rings. The minimum Gasteiger partial charge on any atom is -0.497 e. The van der Waals surface area contributed by atoms with E-state index in [0.717, 1.165) is 11.3 Å². The van der Waals surface area contributed by atoms with Crippen molar-refractivity contribution in [3.05, 3.63) is 78.4 Å². The van der Waals surface area contributed by atoms with Crippen molar-refractivity contribution in [3.8, 4) is 11.5 Å². The molecule has 2 N–H and O–H groups in total. The summed E-state index contributed by atoms with van der Waals surface area (Å²) >= 11 is 0. The van der Waals surface area contributed by atoms with Gasteiger partial charge in [-0.1, -0.05) is 18.2 Å². The van der Waals surface area contributed by atoms with E-state index in [9.17, 15) is 13.2 Å². The van der Waals surface area contributed by atoms with Crippen LogP contribution in [0.25, 0.3) is 0 Å². The Bertz CT molecular complexity index is 1110. The number of carbonyl (C=O) groups is 1. The molecule has 0 aliphatic carbocycles. The Morgan fingerprint density at radius 2 is 1.53 bits per heavy atom. The van der Waals surface area contributed by atoms with Gasteiger partial charge < -0.3 is 14.8 Å². The molecular weight excluding hydrogens is 404 g/mol. The van der Waals surface area contributed by atoms with Crippen LogP contribution in [-0.4, -0.2) is 28.0 Å². The fourth-order valence-corrected chi connectivity index (χ4v) is 3.70. The van der Waals surface area contributed by atoms with E-state index in [0.29, 0.717) is 17.2 Å². The first-order chi connectivity index (χ1) is 14.4. The average molecular weight is 426 g/mol. The fourth-order valence-electron chi connectivity index (χ4n) is 2.64. The van der Waals surface area contributed by atoms with Crippen molar-refractivity contribution in [1.29, 1.82) is 0 Å². The van der Waals surface area contributed by atoms with Gasteiger partial charge in [0.2, 0.25) is 0 Å². The molecule has 7 nitrogen and oxygen atoms in total. The number of ether oxygens (including phenoxy) is 2. The van der Waals surface area contributed by atoms with E-state index >= 15 is 0 Å². The predicted molar refractivity (Wildman–Crippen MR) is 116 cm³/mol. The van der Waals surface area contributed by atoms with Gasteiger partial charge >= 0.3 is 0 Å². The van der Waals surface area contributed by atoms with Crippen molar-refractivity contribution in [2.75, 3.05) is 23.8 Å². The monoisotopic (exact) mass is 426 g/mol. The summed E-state index contributed by atoms with van der Waals surface area (Å²) in [5.74, 6) is 0.714. The first-order valence-electron chi connectivity index (χ1n) is 9.12. The molecule has 0 aromatic heterocycles. The molecule has 3 aromatic carbocycles. The molecule has 8 heteroatoms. The van der Waals surface area contributed by atoms with Crippen molar-refractivity contribution in [1.82, 2.24) is 0 Å². The van der Waals surface area contributed by atoms with Gasteiger partial charge in [-0.25, -0.2) is 8.42 Å². The van der Waals surface area contributed by atoms with E-state index in [-0.39, 0.29) is 17.4 Å². The van der Waals surface area contributed by atoms with Crippen LogP contribution in [0, 0.1) is 6.92 Å². The number of para-hydroxylation sites is 1. The van der Waals surface area contributed by atoms with E-state index in [4.69, 9.17) is 9.47 Å². The van der Waals surface area contributed by atoms with E-state index in [1.807, 2.05) is 31.2 Å². The Labute approximate surface area is 175 Å². The van der Waals surface area contributed by atoms with Crippen LogP contribution < -0.4 is 19.5 Å². The molecule has 0 aliphatic heterocycles. The number of nitrogens with one attached hydrogen (secondary N) is 2. The minimum absolute atomic E-state index is 0.0787. The molecule has 0 bridgehead atoms. The molecule has 30 heavy (non-hydrogen) atoms. The molecule has 0 atom stereocenters. The molecular formula is C22H22N2O5S. The second-order valence-electron chi connectivity index (χ2n) is 6.46. The first kappa shape index (κ1) is 21.2. The van der Waals surface area contributed by atoms with Gasteiger partial charge in [0.1, 0.15) is 11.5 Å². The van der Waals surface area contributed by atoms with Crippen LogP contribution in [0.15, 0.2) is 77.7 Å². The Morgan fingerprint density at radius 3 is 2.17 bits per heavy atom. The summed E-state index contributed by atoms with van der Waals surface area (Å²) in [6.45, 7) is 1.71. The number of anilines is 2. The standard InChI is InChI=1S/C22H22N2O5S/c1-16-5-3-4-6-21(16)23-22(25)15-29-19-11-13-20(14-12-19)30(26,27)24-17-7-9-18(28-2)10-8-17/h3-14,24H,15H2,1-2H3,(H,23,25). The summed E-state index contributed by atoms with van der Waals surface area (Å²) in [4.78, 5) is 12.1.